The first kappa shape index (κ1) is 19.9. The molecule has 0 spiro atoms. The van der Waals surface area contributed by atoms with E-state index in [2.05, 4.69) is 53.6 Å². The fraction of sp³-hybridized carbons (Fsp3) is 0.286. The van der Waals surface area contributed by atoms with Gasteiger partial charge in [0.05, 0.1) is 13.7 Å². The maximum atomic E-state index is 12.4. The first-order valence-corrected chi connectivity index (χ1v) is 10.1. The second-order valence-electron chi connectivity index (χ2n) is 6.33. The molecule has 1 aromatic heterocycles. The van der Waals surface area contributed by atoms with Gasteiger partial charge >= 0.3 is 0 Å². The summed E-state index contributed by atoms with van der Waals surface area (Å²) in [6, 6.07) is 15.5. The number of thioether (sulfide) groups is 1. The van der Waals surface area contributed by atoms with Crippen molar-refractivity contribution in [3.63, 3.8) is 0 Å². The van der Waals surface area contributed by atoms with Crippen molar-refractivity contribution in [2.75, 3.05) is 7.11 Å². The first-order chi connectivity index (χ1) is 13.6. The summed E-state index contributed by atoms with van der Waals surface area (Å²) in [5.74, 6) is 2.15. The van der Waals surface area contributed by atoms with Crippen molar-refractivity contribution in [3.8, 4) is 5.75 Å². The predicted octanol–water partition coefficient (Wildman–Crippen LogP) is 3.84. The molecule has 2 aromatic carbocycles. The number of rotatable bonds is 8. The van der Waals surface area contributed by atoms with Gasteiger partial charge in [-0.15, -0.1) is 10.2 Å². The Bertz CT molecular complexity index is 938. The highest BCUT2D eigenvalue weighted by atomic mass is 32.2. The molecule has 0 unspecified atom stereocenters. The number of ether oxygens (including phenoxy) is 1. The molecule has 0 aliphatic heterocycles. The van der Waals surface area contributed by atoms with Crippen molar-refractivity contribution in [3.05, 3.63) is 71.0 Å². The Morgan fingerprint density at radius 1 is 1.18 bits per heavy atom. The van der Waals surface area contributed by atoms with Gasteiger partial charge in [0.15, 0.2) is 11.0 Å². The molecule has 0 atom stereocenters. The number of hydrogen-bond donors (Lipinski definition) is 1. The van der Waals surface area contributed by atoms with Crippen molar-refractivity contribution >= 4 is 17.7 Å². The monoisotopic (exact) mass is 396 g/mol. The number of aromatic nitrogens is 3. The molecule has 3 aromatic rings. The number of amides is 1. The largest absolute Gasteiger partial charge is 0.497 e. The number of nitrogens with zero attached hydrogens (tertiary/aromatic N) is 3. The fourth-order valence-corrected chi connectivity index (χ4v) is 3.79. The van der Waals surface area contributed by atoms with Crippen LogP contribution in [0.15, 0.2) is 53.7 Å². The fourth-order valence-electron chi connectivity index (χ4n) is 2.83. The average molecular weight is 397 g/mol. The van der Waals surface area contributed by atoms with Gasteiger partial charge in [0, 0.05) is 17.9 Å². The van der Waals surface area contributed by atoms with E-state index >= 15 is 0 Å². The lowest BCUT2D eigenvalue weighted by atomic mass is 10.2. The van der Waals surface area contributed by atoms with Crippen molar-refractivity contribution < 1.29 is 9.53 Å². The Morgan fingerprint density at radius 3 is 2.64 bits per heavy atom. The van der Waals surface area contributed by atoms with E-state index in [4.69, 9.17) is 4.74 Å². The highest BCUT2D eigenvalue weighted by molar-refractivity contribution is 7.98. The van der Waals surface area contributed by atoms with Crippen LogP contribution in [-0.4, -0.2) is 27.8 Å². The van der Waals surface area contributed by atoms with Crippen LogP contribution in [0.1, 0.15) is 34.2 Å². The molecule has 1 N–H and O–H groups in total. The number of hydrogen-bond acceptors (Lipinski definition) is 5. The number of carbonyl (C=O) groups excluding carboxylic acids is 1. The average Bonchev–Trinajstić information content (AvgIpc) is 3.12. The molecule has 7 heteroatoms. The third-order valence-electron chi connectivity index (χ3n) is 4.32. The zero-order valence-corrected chi connectivity index (χ0v) is 17.1. The molecular weight excluding hydrogens is 372 g/mol. The second-order valence-corrected chi connectivity index (χ2v) is 7.27. The SMILES string of the molecule is CCn1c(CNC(=O)c2ccc(OC)cc2)nnc1SCc1cccc(C)c1. The maximum Gasteiger partial charge on any atom is 0.251 e. The predicted molar refractivity (Wildman–Crippen MR) is 111 cm³/mol. The Balaban J connectivity index is 1.61. The van der Waals surface area contributed by atoms with Crippen LogP contribution in [0.3, 0.4) is 0 Å². The van der Waals surface area contributed by atoms with Crippen molar-refractivity contribution in [1.82, 2.24) is 20.1 Å². The van der Waals surface area contributed by atoms with Crippen LogP contribution >= 0.6 is 11.8 Å². The van der Waals surface area contributed by atoms with Gasteiger partial charge in [0.2, 0.25) is 0 Å². The summed E-state index contributed by atoms with van der Waals surface area (Å²) < 4.78 is 7.15. The molecule has 0 saturated carbocycles. The van der Waals surface area contributed by atoms with E-state index in [0.29, 0.717) is 12.1 Å². The van der Waals surface area contributed by atoms with Crippen LogP contribution in [0.5, 0.6) is 5.75 Å². The molecule has 0 fully saturated rings. The lowest BCUT2D eigenvalue weighted by molar-refractivity contribution is 0.0949. The number of nitrogens with one attached hydrogen (secondary N) is 1. The number of aryl methyl sites for hydroxylation is 1. The minimum atomic E-state index is -0.151. The van der Waals surface area contributed by atoms with E-state index in [9.17, 15) is 4.79 Å². The van der Waals surface area contributed by atoms with Crippen LogP contribution < -0.4 is 10.1 Å². The van der Waals surface area contributed by atoms with Crippen molar-refractivity contribution in [2.45, 2.75) is 37.8 Å². The van der Waals surface area contributed by atoms with E-state index in [0.717, 1.165) is 29.0 Å². The molecule has 28 heavy (non-hydrogen) atoms. The Kier molecular flexibility index (Phi) is 6.71. The van der Waals surface area contributed by atoms with Gasteiger partial charge in [-0.05, 0) is 43.7 Å². The number of methoxy groups -OCH3 is 1. The smallest absolute Gasteiger partial charge is 0.251 e. The molecule has 0 saturated heterocycles. The zero-order valence-electron chi connectivity index (χ0n) is 16.3. The molecule has 1 amide bonds. The lowest BCUT2D eigenvalue weighted by Crippen LogP contribution is -2.24. The van der Waals surface area contributed by atoms with Crippen molar-refractivity contribution in [2.24, 2.45) is 0 Å². The van der Waals surface area contributed by atoms with Crippen LogP contribution in [-0.2, 0) is 18.8 Å². The summed E-state index contributed by atoms with van der Waals surface area (Å²) in [5, 5.41) is 12.3. The van der Waals surface area contributed by atoms with Crippen LogP contribution in [0, 0.1) is 6.92 Å². The maximum absolute atomic E-state index is 12.4. The summed E-state index contributed by atoms with van der Waals surface area (Å²) in [5.41, 5.74) is 3.08. The first-order valence-electron chi connectivity index (χ1n) is 9.13. The van der Waals surface area contributed by atoms with Gasteiger partial charge in [-0.25, -0.2) is 0 Å². The molecule has 146 valence electrons. The van der Waals surface area contributed by atoms with Crippen molar-refractivity contribution in [1.29, 1.82) is 0 Å². The van der Waals surface area contributed by atoms with Gasteiger partial charge in [0.1, 0.15) is 5.75 Å². The zero-order chi connectivity index (χ0) is 19.9. The minimum absolute atomic E-state index is 0.151. The molecule has 0 aliphatic rings. The summed E-state index contributed by atoms with van der Waals surface area (Å²) in [4.78, 5) is 12.4. The number of carbonyl (C=O) groups is 1. The van der Waals surface area contributed by atoms with E-state index in [1.165, 1.54) is 11.1 Å². The van der Waals surface area contributed by atoms with E-state index in [1.807, 2.05) is 4.57 Å². The molecule has 1 heterocycles. The third-order valence-corrected chi connectivity index (χ3v) is 5.36. The molecular formula is C21H24N4O2S. The molecule has 6 nitrogen and oxygen atoms in total. The standard InChI is InChI=1S/C21H24N4O2S/c1-4-25-19(13-22-20(26)17-8-10-18(27-3)11-9-17)23-24-21(25)28-14-16-7-5-6-15(2)12-16/h5-12H,4,13-14H2,1-3H3,(H,22,26). The highest BCUT2D eigenvalue weighted by Gasteiger charge is 2.13. The van der Waals surface area contributed by atoms with Crippen LogP contribution in [0.25, 0.3) is 0 Å². The summed E-state index contributed by atoms with van der Waals surface area (Å²) in [6.45, 7) is 5.22. The minimum Gasteiger partial charge on any atom is -0.497 e. The normalized spacial score (nSPS) is 10.7. The Morgan fingerprint density at radius 2 is 1.96 bits per heavy atom. The summed E-state index contributed by atoms with van der Waals surface area (Å²) in [6.07, 6.45) is 0. The number of benzene rings is 2. The van der Waals surface area contributed by atoms with E-state index in [1.54, 1.807) is 43.1 Å². The van der Waals surface area contributed by atoms with Gasteiger partial charge < -0.3 is 14.6 Å². The van der Waals surface area contributed by atoms with Gasteiger partial charge in [0.25, 0.3) is 5.91 Å². The second kappa shape index (κ2) is 9.41. The summed E-state index contributed by atoms with van der Waals surface area (Å²) >= 11 is 1.65. The lowest BCUT2D eigenvalue weighted by Gasteiger charge is -2.09. The van der Waals surface area contributed by atoms with Crippen LogP contribution in [0.2, 0.25) is 0 Å². The molecule has 3 rings (SSSR count). The van der Waals surface area contributed by atoms with E-state index in [-0.39, 0.29) is 5.91 Å². The Labute approximate surface area is 169 Å². The highest BCUT2D eigenvalue weighted by Crippen LogP contribution is 2.22. The molecule has 0 bridgehead atoms. The van der Waals surface area contributed by atoms with Crippen LogP contribution in [0.4, 0.5) is 0 Å². The van der Waals surface area contributed by atoms with Gasteiger partial charge in [-0.1, -0.05) is 41.6 Å². The quantitative estimate of drug-likeness (QED) is 0.586. The van der Waals surface area contributed by atoms with Gasteiger partial charge in [-0.3, -0.25) is 4.79 Å². The van der Waals surface area contributed by atoms with E-state index < -0.39 is 0 Å². The third kappa shape index (κ3) is 4.92. The molecule has 0 aliphatic carbocycles. The Hall–Kier alpha value is -2.80. The van der Waals surface area contributed by atoms with Gasteiger partial charge in [-0.2, -0.15) is 0 Å². The topological polar surface area (TPSA) is 69.0 Å². The summed E-state index contributed by atoms with van der Waals surface area (Å²) in [7, 11) is 1.60. The molecule has 0 radical (unpaired) electrons.